The molecule has 0 spiro atoms. The molecule has 6 heteroatoms. The van der Waals surface area contributed by atoms with Crippen molar-refractivity contribution in [2.45, 2.75) is 6.92 Å². The molecule has 106 valence electrons. The second-order valence-corrected chi connectivity index (χ2v) is 4.50. The molecule has 5 nitrogen and oxygen atoms in total. The fraction of sp³-hybridized carbons (Fsp3) is 0.286. The molecule has 0 heterocycles. The van der Waals surface area contributed by atoms with Crippen molar-refractivity contribution < 1.29 is 19.1 Å². The Hall–Kier alpha value is -2.00. The molecule has 0 saturated carbocycles. The molecule has 0 aliphatic carbocycles. The van der Waals surface area contributed by atoms with Gasteiger partial charge in [-0.25, -0.2) is 0 Å². The van der Waals surface area contributed by atoms with Gasteiger partial charge in [0.1, 0.15) is 6.29 Å². The first-order valence-corrected chi connectivity index (χ1v) is 6.66. The van der Waals surface area contributed by atoms with Crippen LogP contribution < -0.4 is 14.8 Å². The van der Waals surface area contributed by atoms with E-state index in [1.165, 1.54) is 0 Å². The van der Waals surface area contributed by atoms with Crippen molar-refractivity contribution in [3.8, 4) is 23.8 Å². The van der Waals surface area contributed by atoms with Gasteiger partial charge in [0, 0.05) is 5.56 Å². The monoisotopic (exact) mass is 339 g/mol. The average molecular weight is 340 g/mol. The van der Waals surface area contributed by atoms with Gasteiger partial charge >= 0.3 is 0 Å². The third-order valence-electron chi connectivity index (χ3n) is 2.20. The zero-order chi connectivity index (χ0) is 15.0. The highest BCUT2D eigenvalue weighted by Gasteiger charge is 2.13. The first kappa shape index (κ1) is 16.1. The number of carbonyl (C=O) groups is 2. The molecule has 0 saturated heterocycles. The normalized spacial score (nSPS) is 9.45. The molecule has 0 aliphatic heterocycles. The van der Waals surface area contributed by atoms with Crippen LogP contribution in [0.15, 0.2) is 16.6 Å². The van der Waals surface area contributed by atoms with Crippen LogP contribution in [0.4, 0.5) is 0 Å². The minimum absolute atomic E-state index is 0.145. The van der Waals surface area contributed by atoms with E-state index < -0.39 is 0 Å². The van der Waals surface area contributed by atoms with Crippen molar-refractivity contribution in [3.63, 3.8) is 0 Å². The lowest BCUT2D eigenvalue weighted by molar-refractivity contribution is -0.122. The van der Waals surface area contributed by atoms with Crippen molar-refractivity contribution in [2.75, 3.05) is 19.8 Å². The summed E-state index contributed by atoms with van der Waals surface area (Å²) in [6.07, 6.45) is 5.74. The molecule has 1 aromatic carbocycles. The van der Waals surface area contributed by atoms with Gasteiger partial charge in [-0.2, -0.15) is 0 Å². The number of aldehydes is 1. The van der Waals surface area contributed by atoms with E-state index in [4.69, 9.17) is 15.9 Å². The van der Waals surface area contributed by atoms with Crippen LogP contribution in [0.2, 0.25) is 0 Å². The van der Waals surface area contributed by atoms with E-state index >= 15 is 0 Å². The molecule has 0 aromatic heterocycles. The van der Waals surface area contributed by atoms with Gasteiger partial charge in [0.2, 0.25) is 0 Å². The van der Waals surface area contributed by atoms with Crippen molar-refractivity contribution in [1.29, 1.82) is 0 Å². The summed E-state index contributed by atoms with van der Waals surface area (Å²) in [5, 5.41) is 2.48. The number of hydrogen-bond acceptors (Lipinski definition) is 4. The highest BCUT2D eigenvalue weighted by Crippen LogP contribution is 2.36. The summed E-state index contributed by atoms with van der Waals surface area (Å²) in [6.45, 7) is 2.17. The lowest BCUT2D eigenvalue weighted by Crippen LogP contribution is -2.29. The topological polar surface area (TPSA) is 64.6 Å². The molecular formula is C14H14BrNO4. The number of terminal acetylenes is 1. The zero-order valence-corrected chi connectivity index (χ0v) is 12.5. The molecule has 0 radical (unpaired) electrons. The summed E-state index contributed by atoms with van der Waals surface area (Å²) >= 11 is 3.28. The Morgan fingerprint density at radius 1 is 1.50 bits per heavy atom. The Balaban J connectivity index is 2.85. The number of hydrogen-bond donors (Lipinski definition) is 1. The van der Waals surface area contributed by atoms with Crippen LogP contribution in [0.5, 0.6) is 11.5 Å². The molecule has 0 bridgehead atoms. The van der Waals surface area contributed by atoms with Crippen LogP contribution in [0.25, 0.3) is 0 Å². The van der Waals surface area contributed by atoms with Crippen molar-refractivity contribution in [1.82, 2.24) is 5.32 Å². The third-order valence-corrected chi connectivity index (χ3v) is 2.79. The minimum atomic E-state index is -0.336. The average Bonchev–Trinajstić information content (AvgIpc) is 2.44. The van der Waals surface area contributed by atoms with Crippen molar-refractivity contribution in [3.05, 3.63) is 22.2 Å². The Kier molecular flexibility index (Phi) is 6.60. The number of amides is 1. The Bertz CT molecular complexity index is 537. The van der Waals surface area contributed by atoms with Crippen LogP contribution in [-0.4, -0.2) is 32.0 Å². The van der Waals surface area contributed by atoms with Crippen LogP contribution in [0.1, 0.15) is 17.3 Å². The second-order valence-electron chi connectivity index (χ2n) is 3.65. The van der Waals surface area contributed by atoms with Crippen molar-refractivity contribution in [2.24, 2.45) is 0 Å². The van der Waals surface area contributed by atoms with E-state index in [0.29, 0.717) is 34.4 Å². The Labute approximate surface area is 125 Å². The van der Waals surface area contributed by atoms with E-state index in [0.717, 1.165) is 0 Å². The van der Waals surface area contributed by atoms with E-state index in [9.17, 15) is 9.59 Å². The predicted octanol–water partition coefficient (Wildman–Crippen LogP) is 1.79. The lowest BCUT2D eigenvalue weighted by atomic mass is 10.2. The van der Waals surface area contributed by atoms with E-state index in [1.807, 2.05) is 6.92 Å². The highest BCUT2D eigenvalue weighted by atomic mass is 79.9. The quantitative estimate of drug-likeness (QED) is 0.607. The van der Waals surface area contributed by atoms with E-state index in [2.05, 4.69) is 27.2 Å². The molecule has 1 aromatic rings. The molecule has 1 rings (SSSR count). The SMILES string of the molecule is C#CCNC(=O)COc1c(Br)cc(C=O)cc1OCC. The molecule has 1 N–H and O–H groups in total. The molecular weight excluding hydrogens is 326 g/mol. The maximum absolute atomic E-state index is 11.4. The van der Waals surface area contributed by atoms with Gasteiger partial charge in [0.25, 0.3) is 5.91 Å². The number of halogens is 1. The minimum Gasteiger partial charge on any atom is -0.490 e. The molecule has 0 unspecified atom stereocenters. The standard InChI is InChI=1S/C14H14BrNO4/c1-3-5-16-13(18)9-20-14-11(15)6-10(8-17)7-12(14)19-4-2/h1,6-8H,4-5,9H2,2H3,(H,16,18). The number of benzene rings is 1. The maximum Gasteiger partial charge on any atom is 0.258 e. The Morgan fingerprint density at radius 3 is 2.85 bits per heavy atom. The smallest absolute Gasteiger partial charge is 0.258 e. The van der Waals surface area contributed by atoms with Gasteiger partial charge in [-0.3, -0.25) is 9.59 Å². The zero-order valence-electron chi connectivity index (χ0n) is 10.9. The van der Waals surface area contributed by atoms with Gasteiger partial charge < -0.3 is 14.8 Å². The fourth-order valence-electron chi connectivity index (χ4n) is 1.40. The number of carbonyl (C=O) groups excluding carboxylic acids is 2. The number of rotatable bonds is 7. The molecule has 0 aliphatic rings. The van der Waals surface area contributed by atoms with Gasteiger partial charge in [-0.05, 0) is 35.0 Å². The molecule has 20 heavy (non-hydrogen) atoms. The van der Waals surface area contributed by atoms with E-state index in [1.54, 1.807) is 12.1 Å². The summed E-state index contributed by atoms with van der Waals surface area (Å²) in [5.74, 6) is 2.72. The molecule has 0 fully saturated rings. The predicted molar refractivity (Wildman–Crippen MR) is 78.0 cm³/mol. The van der Waals surface area contributed by atoms with Gasteiger partial charge in [-0.15, -0.1) is 6.42 Å². The van der Waals surface area contributed by atoms with Crippen LogP contribution >= 0.6 is 15.9 Å². The first-order valence-electron chi connectivity index (χ1n) is 5.86. The second kappa shape index (κ2) is 8.23. The summed E-state index contributed by atoms with van der Waals surface area (Å²) in [7, 11) is 0. The summed E-state index contributed by atoms with van der Waals surface area (Å²) in [6, 6.07) is 3.14. The molecule has 1 amide bonds. The van der Waals surface area contributed by atoms with Crippen LogP contribution in [0, 0.1) is 12.3 Å². The van der Waals surface area contributed by atoms with Crippen LogP contribution in [0.3, 0.4) is 0 Å². The lowest BCUT2D eigenvalue weighted by Gasteiger charge is -2.14. The van der Waals surface area contributed by atoms with Gasteiger partial charge in [-0.1, -0.05) is 5.92 Å². The summed E-state index contributed by atoms with van der Waals surface area (Å²) < 4.78 is 11.3. The summed E-state index contributed by atoms with van der Waals surface area (Å²) in [5.41, 5.74) is 0.449. The van der Waals surface area contributed by atoms with E-state index in [-0.39, 0.29) is 19.1 Å². The first-order chi connectivity index (χ1) is 9.62. The van der Waals surface area contributed by atoms with Gasteiger partial charge in [0.05, 0.1) is 17.6 Å². The third kappa shape index (κ3) is 4.59. The fourth-order valence-corrected chi connectivity index (χ4v) is 1.97. The van der Waals surface area contributed by atoms with Gasteiger partial charge in [0.15, 0.2) is 18.1 Å². The highest BCUT2D eigenvalue weighted by molar-refractivity contribution is 9.10. The Morgan fingerprint density at radius 2 is 2.25 bits per heavy atom. The molecule has 0 atom stereocenters. The maximum atomic E-state index is 11.4. The van der Waals surface area contributed by atoms with Crippen LogP contribution in [-0.2, 0) is 4.79 Å². The number of ether oxygens (including phenoxy) is 2. The largest absolute Gasteiger partial charge is 0.490 e. The van der Waals surface area contributed by atoms with Crippen molar-refractivity contribution >= 4 is 28.1 Å². The summed E-state index contributed by atoms with van der Waals surface area (Å²) in [4.78, 5) is 22.2. The number of nitrogens with one attached hydrogen (secondary N) is 1.